The van der Waals surface area contributed by atoms with Gasteiger partial charge in [-0.3, -0.25) is 0 Å². The van der Waals surface area contributed by atoms with Gasteiger partial charge < -0.3 is 9.80 Å². The number of nitrogens with zero attached hydrogens (tertiary/aromatic N) is 2. The van der Waals surface area contributed by atoms with E-state index in [0.717, 1.165) is 89.8 Å². The Hall–Kier alpha value is -12.3. The summed E-state index contributed by atoms with van der Waals surface area (Å²) in [6.07, 6.45) is 0. The summed E-state index contributed by atoms with van der Waals surface area (Å²) >= 11 is 0. The van der Waals surface area contributed by atoms with Crippen molar-refractivity contribution in [3.05, 3.63) is 357 Å². The zero-order valence-electron chi connectivity index (χ0n) is 55.5. The molecule has 464 valence electrons. The highest BCUT2D eigenvalue weighted by atomic mass is 15.2. The molecular formula is C96H67BN2. The molecule has 2 nitrogen and oxygen atoms in total. The van der Waals surface area contributed by atoms with E-state index in [2.05, 4.69) is 382 Å². The van der Waals surface area contributed by atoms with Crippen LogP contribution in [-0.2, 0) is 5.41 Å². The smallest absolute Gasteiger partial charge is 0.252 e. The topological polar surface area (TPSA) is 6.48 Å². The Bertz CT molecular complexity index is 5840. The van der Waals surface area contributed by atoms with Crippen molar-refractivity contribution in [2.75, 3.05) is 9.80 Å². The molecule has 0 unspecified atom stereocenters. The first-order valence-electron chi connectivity index (χ1n) is 34.7. The summed E-state index contributed by atoms with van der Waals surface area (Å²) in [7, 11) is 0. The molecule has 0 N–H and O–H groups in total. The lowest BCUT2D eigenvalue weighted by atomic mass is 9.33. The van der Waals surface area contributed by atoms with Gasteiger partial charge in [-0.2, -0.15) is 0 Å². The highest BCUT2D eigenvalue weighted by molar-refractivity contribution is 7.00. The Morgan fingerprint density at radius 1 is 0.232 bits per heavy atom. The zero-order chi connectivity index (χ0) is 65.9. The van der Waals surface area contributed by atoms with E-state index in [9.17, 15) is 0 Å². The van der Waals surface area contributed by atoms with Crippen molar-refractivity contribution >= 4 is 100 Å². The van der Waals surface area contributed by atoms with Gasteiger partial charge in [0.05, 0.1) is 11.4 Å². The molecule has 17 aromatic rings. The van der Waals surface area contributed by atoms with Crippen molar-refractivity contribution < 1.29 is 0 Å². The minimum atomic E-state index is -0.304. The minimum absolute atomic E-state index is 0.255. The third-order valence-electron chi connectivity index (χ3n) is 21.1. The molecule has 0 radical (unpaired) electrons. The molecule has 0 aliphatic carbocycles. The van der Waals surface area contributed by atoms with E-state index in [-0.39, 0.29) is 12.1 Å². The monoisotopic (exact) mass is 1260 g/mol. The van der Waals surface area contributed by atoms with Crippen molar-refractivity contribution in [2.45, 2.75) is 26.2 Å². The van der Waals surface area contributed by atoms with Crippen LogP contribution in [0.25, 0.3) is 132 Å². The molecule has 19 rings (SSSR count). The molecule has 17 aromatic carbocycles. The van der Waals surface area contributed by atoms with Gasteiger partial charge in [0.15, 0.2) is 0 Å². The van der Waals surface area contributed by atoms with E-state index >= 15 is 0 Å². The van der Waals surface area contributed by atoms with E-state index < -0.39 is 0 Å². The standard InChI is InChI=1S/C96H67BN2/c1-96(2,3)75-60-88-93-89(61-75)99(95-82(67-38-21-9-22-39-67)56-74(64-32-15-6-16-33-64)57-83(95)68-40-23-10-24-41-68)87-53-50-72(76-51-48-70-44-26-46-78-77-45-25-42-69-43-27-47-79(90(69)77)92(76)91(70)78)59-85(87)97(93)84-58-71(62-28-11-4-12-29-62)49-52-86(84)98(88)94-80(65-34-17-7-18-35-65)54-73(63-30-13-5-14-31-63)55-81(94)66-36-19-8-20-37-66/h4-61H,1-3H3. The molecule has 99 heavy (non-hydrogen) atoms. The van der Waals surface area contributed by atoms with Crippen LogP contribution in [0.2, 0.25) is 0 Å². The zero-order valence-corrected chi connectivity index (χ0v) is 55.5. The molecule has 0 spiro atoms. The van der Waals surface area contributed by atoms with E-state index in [1.165, 1.54) is 98.4 Å². The van der Waals surface area contributed by atoms with Crippen LogP contribution in [0.5, 0.6) is 0 Å². The third-order valence-corrected chi connectivity index (χ3v) is 21.1. The van der Waals surface area contributed by atoms with E-state index in [1.807, 2.05) is 0 Å². The highest BCUT2D eigenvalue weighted by Gasteiger charge is 2.46. The first-order valence-corrected chi connectivity index (χ1v) is 34.7. The van der Waals surface area contributed by atoms with Gasteiger partial charge in [-0.05, 0) is 186 Å². The molecule has 3 heteroatoms. The first-order chi connectivity index (χ1) is 48.8. The van der Waals surface area contributed by atoms with Crippen molar-refractivity contribution in [2.24, 2.45) is 0 Å². The third kappa shape index (κ3) is 9.55. The van der Waals surface area contributed by atoms with Crippen LogP contribution < -0.4 is 26.2 Å². The number of benzene rings is 17. The van der Waals surface area contributed by atoms with E-state index in [1.54, 1.807) is 0 Å². The average Bonchev–Trinajstić information content (AvgIpc) is 0.688. The number of hydrogen-bond donors (Lipinski definition) is 0. The molecule has 0 fully saturated rings. The minimum Gasteiger partial charge on any atom is -0.310 e. The van der Waals surface area contributed by atoms with Crippen LogP contribution >= 0.6 is 0 Å². The summed E-state index contributed by atoms with van der Waals surface area (Å²) in [4.78, 5) is 5.41. The fourth-order valence-corrected chi connectivity index (χ4v) is 16.5. The fourth-order valence-electron chi connectivity index (χ4n) is 16.5. The highest BCUT2D eigenvalue weighted by Crippen LogP contribution is 2.56. The van der Waals surface area contributed by atoms with Crippen molar-refractivity contribution in [1.82, 2.24) is 0 Å². The molecule has 2 aliphatic rings. The first kappa shape index (κ1) is 58.1. The second kappa shape index (κ2) is 23.2. The van der Waals surface area contributed by atoms with Crippen LogP contribution in [0.15, 0.2) is 352 Å². The van der Waals surface area contributed by atoms with E-state index in [0.29, 0.717) is 0 Å². The van der Waals surface area contributed by atoms with Crippen LogP contribution in [0.4, 0.5) is 34.1 Å². The summed E-state index contributed by atoms with van der Waals surface area (Å²) in [5.74, 6) is 0. The van der Waals surface area contributed by atoms with Crippen LogP contribution in [0, 0.1) is 0 Å². The van der Waals surface area contributed by atoms with Crippen molar-refractivity contribution in [3.8, 4) is 89.0 Å². The summed E-state index contributed by atoms with van der Waals surface area (Å²) in [5.41, 5.74) is 30.0. The molecule has 0 saturated carbocycles. The van der Waals surface area contributed by atoms with Gasteiger partial charge in [0.2, 0.25) is 0 Å². The lowest BCUT2D eigenvalue weighted by molar-refractivity contribution is 0.590. The van der Waals surface area contributed by atoms with Crippen LogP contribution in [0.1, 0.15) is 26.3 Å². The average molecular weight is 1260 g/mol. The van der Waals surface area contributed by atoms with Gasteiger partial charge >= 0.3 is 0 Å². The maximum atomic E-state index is 2.71. The van der Waals surface area contributed by atoms with Crippen LogP contribution in [-0.4, -0.2) is 6.71 Å². The fraction of sp³-hybridized carbons (Fsp3) is 0.0417. The quantitative estimate of drug-likeness (QED) is 0.0765. The van der Waals surface area contributed by atoms with Crippen molar-refractivity contribution in [3.63, 3.8) is 0 Å². The Kier molecular flexibility index (Phi) is 13.6. The molecule has 2 heterocycles. The lowest BCUT2D eigenvalue weighted by Crippen LogP contribution is -2.61. The maximum Gasteiger partial charge on any atom is 0.252 e. The second-order valence-electron chi connectivity index (χ2n) is 27.8. The summed E-state index contributed by atoms with van der Waals surface area (Å²) < 4.78 is 0. The number of rotatable bonds is 10. The summed E-state index contributed by atoms with van der Waals surface area (Å²) in [5, 5.41) is 10.2. The Morgan fingerprint density at radius 3 is 1.00 bits per heavy atom. The number of hydrogen-bond acceptors (Lipinski definition) is 2. The number of fused-ring (bicyclic) bond motifs is 6. The van der Waals surface area contributed by atoms with Gasteiger partial charge in [-0.15, -0.1) is 0 Å². The van der Waals surface area contributed by atoms with Gasteiger partial charge in [0, 0.05) is 45.0 Å². The van der Waals surface area contributed by atoms with Gasteiger partial charge in [0.25, 0.3) is 6.71 Å². The summed E-state index contributed by atoms with van der Waals surface area (Å²) in [6, 6.07) is 133. The SMILES string of the molecule is CC(C)(C)c1cc2c3c(c1)N(c1c(-c4ccccc4)cc(-c4ccccc4)cc1-c1ccccc1)c1ccc(-c4ccc5cccc6c7cccc8cccc(c4c56)c87)cc1B3c1cc(-c3ccccc3)ccc1N2c1c(-c2ccccc2)cc(-c2ccccc2)cc1-c1ccccc1. The molecule has 0 bridgehead atoms. The van der Waals surface area contributed by atoms with E-state index in [4.69, 9.17) is 0 Å². The molecule has 2 aliphatic heterocycles. The summed E-state index contributed by atoms with van der Waals surface area (Å²) in [6.45, 7) is 6.91. The molecule has 0 amide bonds. The van der Waals surface area contributed by atoms with Gasteiger partial charge in [0.1, 0.15) is 0 Å². The molecule has 0 saturated heterocycles. The Balaban J connectivity index is 0.996. The second-order valence-corrected chi connectivity index (χ2v) is 27.8. The molecule has 0 aromatic heterocycles. The lowest BCUT2D eigenvalue weighted by Gasteiger charge is -2.46. The van der Waals surface area contributed by atoms with Gasteiger partial charge in [-0.25, -0.2) is 0 Å². The maximum absolute atomic E-state index is 2.71. The predicted molar refractivity (Wildman–Crippen MR) is 424 cm³/mol. The van der Waals surface area contributed by atoms with Crippen molar-refractivity contribution in [1.29, 1.82) is 0 Å². The normalized spacial score (nSPS) is 12.5. The Morgan fingerprint density at radius 2 is 0.586 bits per heavy atom. The molecule has 0 atom stereocenters. The number of anilines is 6. The molecular weight excluding hydrogens is 1190 g/mol. The largest absolute Gasteiger partial charge is 0.310 e. The van der Waals surface area contributed by atoms with Gasteiger partial charge in [-0.1, -0.05) is 324 Å². The predicted octanol–water partition coefficient (Wildman–Crippen LogP) is 24.5. The van der Waals surface area contributed by atoms with Crippen LogP contribution in [0.3, 0.4) is 0 Å². The Labute approximate surface area is 579 Å².